The Bertz CT molecular complexity index is 1260. The topological polar surface area (TPSA) is 85.1 Å². The van der Waals surface area contributed by atoms with E-state index in [4.69, 9.17) is 0 Å². The van der Waals surface area contributed by atoms with Gasteiger partial charge in [-0.2, -0.15) is 5.10 Å². The number of carbonyl (C=O) groups excluding carboxylic acids is 2. The Hall–Kier alpha value is -3.94. The molecule has 0 saturated carbocycles. The van der Waals surface area contributed by atoms with Gasteiger partial charge in [0, 0.05) is 46.1 Å². The maximum atomic E-state index is 13.5. The Balaban J connectivity index is 1.52. The first-order valence-electron chi connectivity index (χ1n) is 10.9. The van der Waals surface area contributed by atoms with Crippen LogP contribution in [0, 0.1) is 0 Å². The molecule has 0 aliphatic heterocycles. The lowest BCUT2D eigenvalue weighted by Gasteiger charge is -2.28. The minimum atomic E-state index is -0.164. The lowest BCUT2D eigenvalue weighted by Crippen LogP contribution is -2.41. The molecule has 0 saturated heterocycles. The first-order chi connectivity index (χ1) is 16.0. The van der Waals surface area contributed by atoms with Crippen LogP contribution in [-0.2, 0) is 20.5 Å². The smallest absolute Gasteiger partial charge is 0.275 e. The molecule has 2 amide bonds. The third-order valence-corrected chi connectivity index (χ3v) is 5.92. The van der Waals surface area contributed by atoms with Crippen LogP contribution in [0.2, 0.25) is 0 Å². The number of aromatic nitrogens is 4. The molecule has 0 fully saturated rings. The number of amides is 2. The minimum absolute atomic E-state index is 0.123. The van der Waals surface area contributed by atoms with Gasteiger partial charge in [0.15, 0.2) is 11.3 Å². The fourth-order valence-electron chi connectivity index (χ4n) is 4.04. The van der Waals surface area contributed by atoms with Crippen molar-refractivity contribution in [3.05, 3.63) is 83.9 Å². The summed E-state index contributed by atoms with van der Waals surface area (Å²) < 4.78 is 3.41. The van der Waals surface area contributed by atoms with Crippen LogP contribution in [0.5, 0.6) is 0 Å². The van der Waals surface area contributed by atoms with E-state index < -0.39 is 0 Å². The van der Waals surface area contributed by atoms with E-state index >= 15 is 0 Å². The van der Waals surface area contributed by atoms with Gasteiger partial charge in [-0.15, -0.1) is 0 Å². The number of hydrogen-bond acceptors (Lipinski definition) is 4. The molecule has 0 aliphatic carbocycles. The second-order valence-electron chi connectivity index (χ2n) is 8.16. The number of nitrogens with zero attached hydrogens (tertiary/aromatic N) is 5. The van der Waals surface area contributed by atoms with E-state index in [2.05, 4.69) is 15.4 Å². The fourth-order valence-corrected chi connectivity index (χ4v) is 4.04. The molecule has 0 unspecified atom stereocenters. The Morgan fingerprint density at radius 1 is 1.06 bits per heavy atom. The van der Waals surface area contributed by atoms with Crippen LogP contribution < -0.4 is 5.32 Å². The van der Waals surface area contributed by atoms with Crippen molar-refractivity contribution in [1.29, 1.82) is 0 Å². The van der Waals surface area contributed by atoms with Gasteiger partial charge >= 0.3 is 0 Å². The normalized spacial score (nSPS) is 12.0. The number of pyridine rings is 1. The SMILES string of the molecule is CN(C(=O)c1nn(C)c2ncccc12)[C@H](CCNC(=O)c1cccn1C)Cc1ccccc1. The maximum absolute atomic E-state index is 13.5. The number of hydrogen-bond donors (Lipinski definition) is 1. The van der Waals surface area contributed by atoms with Crippen LogP contribution in [-0.4, -0.2) is 55.7 Å². The van der Waals surface area contributed by atoms with E-state index in [1.54, 1.807) is 46.6 Å². The van der Waals surface area contributed by atoms with Crippen LogP contribution in [0.1, 0.15) is 33.0 Å². The molecule has 3 aromatic heterocycles. The fraction of sp³-hybridized carbons (Fsp3) is 0.280. The van der Waals surface area contributed by atoms with E-state index in [1.165, 1.54) is 0 Å². The number of likely N-dealkylation sites (N-methyl/N-ethyl adjacent to an activating group) is 1. The highest BCUT2D eigenvalue weighted by molar-refractivity contribution is 6.04. The van der Waals surface area contributed by atoms with Crippen LogP contribution in [0.15, 0.2) is 67.0 Å². The maximum Gasteiger partial charge on any atom is 0.275 e. The molecule has 1 atom stereocenters. The van der Waals surface area contributed by atoms with Crippen molar-refractivity contribution in [1.82, 2.24) is 29.5 Å². The summed E-state index contributed by atoms with van der Waals surface area (Å²) in [6.07, 6.45) is 4.81. The highest BCUT2D eigenvalue weighted by Gasteiger charge is 2.26. The third kappa shape index (κ3) is 4.79. The van der Waals surface area contributed by atoms with E-state index in [9.17, 15) is 9.59 Å². The van der Waals surface area contributed by atoms with Crippen molar-refractivity contribution in [3.8, 4) is 0 Å². The zero-order valence-electron chi connectivity index (χ0n) is 19.1. The molecular formula is C25H28N6O2. The molecule has 0 radical (unpaired) electrons. The summed E-state index contributed by atoms with van der Waals surface area (Å²) >= 11 is 0. The number of fused-ring (bicyclic) bond motifs is 1. The lowest BCUT2D eigenvalue weighted by atomic mass is 10.0. The lowest BCUT2D eigenvalue weighted by molar-refractivity contribution is 0.0718. The second-order valence-corrected chi connectivity index (χ2v) is 8.16. The average molecular weight is 445 g/mol. The molecule has 4 aromatic rings. The molecule has 0 spiro atoms. The van der Waals surface area contributed by atoms with E-state index in [0.717, 1.165) is 10.9 Å². The van der Waals surface area contributed by atoms with Crippen molar-refractivity contribution in [2.75, 3.05) is 13.6 Å². The molecule has 8 nitrogen and oxygen atoms in total. The second kappa shape index (κ2) is 9.68. The van der Waals surface area contributed by atoms with Crippen molar-refractivity contribution in [2.24, 2.45) is 14.1 Å². The van der Waals surface area contributed by atoms with E-state index in [0.29, 0.717) is 36.4 Å². The summed E-state index contributed by atoms with van der Waals surface area (Å²) in [7, 11) is 5.42. The molecule has 33 heavy (non-hydrogen) atoms. The summed E-state index contributed by atoms with van der Waals surface area (Å²) in [5, 5.41) is 8.15. The van der Waals surface area contributed by atoms with Gasteiger partial charge in [-0.05, 0) is 42.7 Å². The Kier molecular flexibility index (Phi) is 6.53. The Morgan fingerprint density at radius 2 is 1.85 bits per heavy atom. The number of carbonyl (C=O) groups is 2. The molecule has 0 bridgehead atoms. The molecule has 3 heterocycles. The van der Waals surface area contributed by atoms with Gasteiger partial charge in [0.1, 0.15) is 5.69 Å². The Morgan fingerprint density at radius 3 is 2.58 bits per heavy atom. The van der Waals surface area contributed by atoms with Crippen molar-refractivity contribution in [2.45, 2.75) is 18.9 Å². The average Bonchev–Trinajstić information content (AvgIpc) is 3.41. The molecule has 170 valence electrons. The van der Waals surface area contributed by atoms with Crippen molar-refractivity contribution in [3.63, 3.8) is 0 Å². The zero-order valence-corrected chi connectivity index (χ0v) is 19.1. The van der Waals surface area contributed by atoms with Crippen LogP contribution in [0.4, 0.5) is 0 Å². The molecule has 1 aromatic carbocycles. The molecule has 0 aliphatic rings. The van der Waals surface area contributed by atoms with Gasteiger partial charge in [0.25, 0.3) is 11.8 Å². The Labute approximate surface area is 192 Å². The minimum Gasteiger partial charge on any atom is -0.351 e. The summed E-state index contributed by atoms with van der Waals surface area (Å²) in [5.74, 6) is -0.292. The number of benzene rings is 1. The highest BCUT2D eigenvalue weighted by atomic mass is 16.2. The number of nitrogens with one attached hydrogen (secondary N) is 1. The summed E-state index contributed by atoms with van der Waals surface area (Å²) in [4.78, 5) is 32.0. The molecule has 1 N–H and O–H groups in total. The van der Waals surface area contributed by atoms with Crippen molar-refractivity contribution < 1.29 is 9.59 Å². The third-order valence-electron chi connectivity index (χ3n) is 5.92. The monoisotopic (exact) mass is 444 g/mol. The van der Waals surface area contributed by atoms with Gasteiger partial charge in [0.2, 0.25) is 0 Å². The molecular weight excluding hydrogens is 416 g/mol. The molecule has 8 heteroatoms. The van der Waals surface area contributed by atoms with Gasteiger partial charge in [-0.1, -0.05) is 30.3 Å². The first kappa shape index (κ1) is 22.3. The van der Waals surface area contributed by atoms with Gasteiger partial charge in [-0.3, -0.25) is 9.59 Å². The van der Waals surface area contributed by atoms with Gasteiger partial charge in [-0.25, -0.2) is 9.67 Å². The highest BCUT2D eigenvalue weighted by Crippen LogP contribution is 2.19. The zero-order chi connectivity index (χ0) is 23.4. The quantitative estimate of drug-likeness (QED) is 0.453. The van der Waals surface area contributed by atoms with Crippen molar-refractivity contribution >= 4 is 22.8 Å². The largest absolute Gasteiger partial charge is 0.351 e. The van der Waals surface area contributed by atoms with Crippen LogP contribution >= 0.6 is 0 Å². The summed E-state index contributed by atoms with van der Waals surface area (Å²) in [5.41, 5.74) is 2.78. The predicted molar refractivity (Wildman–Crippen MR) is 127 cm³/mol. The number of rotatable bonds is 8. The molecule has 4 rings (SSSR count). The van der Waals surface area contributed by atoms with E-state index in [-0.39, 0.29) is 17.9 Å². The van der Waals surface area contributed by atoms with Gasteiger partial charge in [0.05, 0.1) is 5.39 Å². The van der Waals surface area contributed by atoms with E-state index in [1.807, 2.05) is 55.7 Å². The summed E-state index contributed by atoms with van der Waals surface area (Å²) in [6, 6.07) is 17.2. The first-order valence-corrected chi connectivity index (χ1v) is 10.9. The van der Waals surface area contributed by atoms with Crippen LogP contribution in [0.3, 0.4) is 0 Å². The standard InChI is InChI=1S/C25H28N6O2/c1-29-16-8-12-21(29)24(32)27-15-13-19(17-18-9-5-4-6-10-18)30(2)25(33)22-20-11-7-14-26-23(20)31(3)28-22/h4-12,14,16,19H,13,15,17H2,1-3H3,(H,27,32)/t19-/m1/s1. The summed E-state index contributed by atoms with van der Waals surface area (Å²) in [6.45, 7) is 0.448. The predicted octanol–water partition coefficient (Wildman–Crippen LogP) is 2.81. The number of aryl methyl sites for hydroxylation is 2. The van der Waals surface area contributed by atoms with Crippen LogP contribution in [0.25, 0.3) is 11.0 Å². The van der Waals surface area contributed by atoms with Gasteiger partial charge < -0.3 is 14.8 Å².